The highest BCUT2D eigenvalue weighted by atomic mass is 19.4. The lowest BCUT2D eigenvalue weighted by Gasteiger charge is -2.40. The quantitative estimate of drug-likeness (QED) is 0.0977. The monoisotopic (exact) mass is 1280 g/mol. The highest BCUT2D eigenvalue weighted by Crippen LogP contribution is 2.63. The molecule has 0 bridgehead atoms. The van der Waals surface area contributed by atoms with E-state index < -0.39 is 35.1 Å². The Morgan fingerprint density at radius 1 is 0.432 bits per heavy atom. The van der Waals surface area contributed by atoms with Crippen LogP contribution in [0.15, 0.2) is 133 Å². The van der Waals surface area contributed by atoms with Crippen molar-refractivity contribution in [3.8, 4) is 68.8 Å². The molecule has 0 saturated heterocycles. The van der Waals surface area contributed by atoms with Crippen LogP contribution in [0.3, 0.4) is 0 Å². The van der Waals surface area contributed by atoms with Gasteiger partial charge < -0.3 is 0 Å². The minimum absolute atomic E-state index is 0. The molecule has 0 spiro atoms. The topological polar surface area (TPSA) is 138 Å². The van der Waals surface area contributed by atoms with Crippen LogP contribution < -0.4 is 0 Å². The first kappa shape index (κ1) is 64.7. The van der Waals surface area contributed by atoms with E-state index in [1.807, 2.05) is 42.5 Å². The van der Waals surface area contributed by atoms with E-state index in [1.54, 1.807) is 68.5 Å². The van der Waals surface area contributed by atoms with Gasteiger partial charge in [0.15, 0.2) is 0 Å². The molecule has 0 heterocycles. The third kappa shape index (κ3) is 11.5. The Morgan fingerprint density at radius 2 is 0.800 bits per heavy atom. The molecular formula is C77H54F10N6O2. The summed E-state index contributed by atoms with van der Waals surface area (Å²) < 4.78 is 136. The Balaban J connectivity index is 0.000000172. The number of aryl methyl sites for hydroxylation is 2. The molecule has 10 unspecified atom stereocenters. The van der Waals surface area contributed by atoms with Gasteiger partial charge in [0.25, 0.3) is 11.4 Å². The van der Waals surface area contributed by atoms with Gasteiger partial charge in [-0.25, -0.2) is 37.8 Å². The number of ketones is 2. The number of nitrogens with zero attached hydrogens (tertiary/aromatic N) is 6. The van der Waals surface area contributed by atoms with Crippen LogP contribution in [0.2, 0.25) is 0 Å². The first-order valence-corrected chi connectivity index (χ1v) is 31.0. The summed E-state index contributed by atoms with van der Waals surface area (Å²) in [5.74, 6) is -1.93. The van der Waals surface area contributed by atoms with Crippen LogP contribution in [-0.4, -0.2) is 11.6 Å². The number of rotatable bonds is 4. The molecule has 7 aliphatic carbocycles. The molecule has 0 aliphatic heterocycles. The lowest BCUT2D eigenvalue weighted by atomic mass is 9.63. The van der Waals surface area contributed by atoms with Crippen LogP contribution in [0.4, 0.5) is 43.9 Å². The van der Waals surface area contributed by atoms with E-state index in [-0.39, 0.29) is 99.6 Å². The normalized spacial score (nSPS) is 24.1. The fourth-order valence-electron chi connectivity index (χ4n) is 16.7. The molecule has 0 amide bonds. The molecule has 0 N–H and O–H groups in total. The second kappa shape index (κ2) is 25.1. The van der Waals surface area contributed by atoms with Crippen molar-refractivity contribution in [3.05, 3.63) is 234 Å². The number of alkyl halides is 6. The number of fused-ring (bicyclic) bond motifs is 12. The molecule has 0 aromatic heterocycles. The van der Waals surface area contributed by atoms with E-state index in [9.17, 15) is 64.0 Å². The zero-order valence-corrected chi connectivity index (χ0v) is 51.0. The van der Waals surface area contributed by atoms with E-state index in [4.69, 9.17) is 23.7 Å². The molecular weight excluding hydrogens is 1230 g/mol. The van der Waals surface area contributed by atoms with Crippen molar-refractivity contribution in [3.63, 3.8) is 0 Å². The number of halogens is 10. The van der Waals surface area contributed by atoms with Crippen LogP contribution in [0.25, 0.3) is 65.3 Å². The summed E-state index contributed by atoms with van der Waals surface area (Å²) in [5.41, 5.74) is 6.93. The highest BCUT2D eigenvalue weighted by molar-refractivity contribution is 6.11. The summed E-state index contributed by atoms with van der Waals surface area (Å²) in [7, 11) is 0. The molecule has 18 heteroatoms. The maximum Gasteiger partial charge on any atom is 0.419 e. The van der Waals surface area contributed by atoms with Gasteiger partial charge in [-0.05, 0) is 256 Å². The summed E-state index contributed by atoms with van der Waals surface area (Å²) >= 11 is 0. The van der Waals surface area contributed by atoms with Crippen LogP contribution >= 0.6 is 0 Å². The maximum absolute atomic E-state index is 14.1. The molecule has 0 radical (unpaired) electrons. The first-order chi connectivity index (χ1) is 45.4. The molecule has 5 fully saturated rings. The SMILES string of the molecule is Cc1cc(C2CCC3C(C2)C(=O)C2CC4C(CC23)C(=O)C2CC(c3ccc(F)c(C(F)(F)F)c3)CCC24)ccc1F.N#CCC#N.[C-]#[N+]/C(C#N)=C1/c2cc(-c3ccc(F)c(C(F)(F)F)c3)ccc2-c2cc3c(cc21)-c1ccc(-c2ccc(F)c(C)c2)cc1/C3=C(/C#N)[N+]#[C-]. The third-order valence-electron chi connectivity index (χ3n) is 20.9. The molecule has 10 atom stereocenters. The number of nitriles is 4. The average molecular weight is 1290 g/mol. The van der Waals surface area contributed by atoms with E-state index >= 15 is 0 Å². The number of hydrogen-bond donors (Lipinski definition) is 0. The second-order valence-corrected chi connectivity index (χ2v) is 25.6. The van der Waals surface area contributed by atoms with Crippen LogP contribution in [-0.2, 0) is 21.9 Å². The van der Waals surface area contributed by atoms with Crippen molar-refractivity contribution in [2.45, 2.75) is 95.8 Å². The van der Waals surface area contributed by atoms with Gasteiger partial charge in [0.1, 0.15) is 41.3 Å². The van der Waals surface area contributed by atoms with Crippen molar-refractivity contribution >= 4 is 22.7 Å². The van der Waals surface area contributed by atoms with E-state index in [0.29, 0.717) is 96.9 Å². The van der Waals surface area contributed by atoms with Crippen molar-refractivity contribution in [1.82, 2.24) is 0 Å². The lowest BCUT2D eigenvalue weighted by molar-refractivity contribution is -0.140. The van der Waals surface area contributed by atoms with Gasteiger partial charge in [0, 0.05) is 34.8 Å². The molecule has 14 rings (SSSR count). The molecule has 7 aromatic carbocycles. The average Bonchev–Trinajstić information content (AvgIpc) is 1.57. The molecule has 95 heavy (non-hydrogen) atoms. The third-order valence-corrected chi connectivity index (χ3v) is 20.9. The minimum Gasteiger partial charge on any atom is -0.299 e. The van der Waals surface area contributed by atoms with E-state index in [2.05, 4.69) is 9.69 Å². The molecule has 7 aliphatic rings. The first-order valence-electron chi connectivity index (χ1n) is 31.0. The minimum atomic E-state index is -4.91. The standard InChI is InChI=1S/C40H17F5N4.C34H35F5O2.C3H2N2/c1-20-12-21(6-10-34(20)41)22-4-8-25-27-16-32-28(17-31(27)38(29(25)13-22)36(18-46)48-2)26-9-5-23(14-30(26)39(32)37(19-47)49-3)24-7-11-35(42)33(15-24)40(43,44)45;1-16-10-17(4-8-30(16)35)18-2-6-21-23-14-28-24(15-27(23)32(40)25(21)11-18)22-7-3-19(12-26(22)33(28)41)20-5-9-31(36)29(13-20)34(37,38)39;4-2-1-3-5/h4-17H,1H3;4-5,8-10,13,18-19,21-28H,2-3,6-7,11-12,14-15H2,1H3;1H2/b38-36+,39-37-;;. The van der Waals surface area contributed by atoms with Crippen LogP contribution in [0.1, 0.15) is 125 Å². The number of Topliss-reactive ketones (excluding diaryl/α,β-unsaturated/α-hetero) is 2. The Morgan fingerprint density at radius 3 is 1.21 bits per heavy atom. The molecule has 5 saturated carbocycles. The predicted molar refractivity (Wildman–Crippen MR) is 333 cm³/mol. The van der Waals surface area contributed by atoms with Gasteiger partial charge in [0.05, 0.1) is 48.5 Å². The Labute approximate surface area is 541 Å². The van der Waals surface area contributed by atoms with Gasteiger partial charge in [-0.3, -0.25) is 9.59 Å². The maximum atomic E-state index is 14.1. The summed E-state index contributed by atoms with van der Waals surface area (Å²) in [6.45, 7) is 19.0. The van der Waals surface area contributed by atoms with Gasteiger partial charge in [-0.15, -0.1) is 0 Å². The van der Waals surface area contributed by atoms with Crippen molar-refractivity contribution in [1.29, 1.82) is 21.0 Å². The van der Waals surface area contributed by atoms with Crippen LogP contribution in [0.5, 0.6) is 0 Å². The number of benzene rings is 7. The predicted octanol–water partition coefficient (Wildman–Crippen LogP) is 19.8. The molecule has 7 aromatic rings. The largest absolute Gasteiger partial charge is 0.419 e. The van der Waals surface area contributed by atoms with Gasteiger partial charge >= 0.3 is 12.4 Å². The summed E-state index contributed by atoms with van der Waals surface area (Å²) in [4.78, 5) is 34.6. The fraction of sp³-hybridized carbons (Fsp3) is 0.299. The molecule has 8 nitrogen and oxygen atoms in total. The van der Waals surface area contributed by atoms with Crippen molar-refractivity contribution < 1.29 is 53.5 Å². The van der Waals surface area contributed by atoms with Crippen molar-refractivity contribution in [2.24, 2.45) is 47.3 Å². The summed E-state index contributed by atoms with van der Waals surface area (Å²) in [6.07, 6.45) is -3.50. The molecule has 474 valence electrons. The fourth-order valence-corrected chi connectivity index (χ4v) is 16.7. The number of hydrogen-bond acceptors (Lipinski definition) is 6. The number of allylic oxidation sites excluding steroid dienone is 2. The second-order valence-electron chi connectivity index (χ2n) is 25.6. The zero-order valence-electron chi connectivity index (χ0n) is 51.0. The highest BCUT2D eigenvalue weighted by Gasteiger charge is 2.61. The van der Waals surface area contributed by atoms with Crippen LogP contribution in [0, 0.1) is 143 Å². The Bertz CT molecular complexity index is 4700. The van der Waals surface area contributed by atoms with Gasteiger partial charge in [0.2, 0.25) is 0 Å². The van der Waals surface area contributed by atoms with Gasteiger partial charge in [-0.2, -0.15) is 36.9 Å². The zero-order chi connectivity index (χ0) is 67.7. The lowest BCUT2D eigenvalue weighted by Crippen LogP contribution is -2.35. The number of carbonyl (C=O) groups excluding carboxylic acids is 2. The van der Waals surface area contributed by atoms with E-state index in [1.165, 1.54) is 24.3 Å². The smallest absolute Gasteiger partial charge is 0.299 e. The Kier molecular flexibility index (Phi) is 17.1. The Hall–Kier alpha value is -10.4. The van der Waals surface area contributed by atoms with Gasteiger partial charge in [-0.1, -0.05) is 54.6 Å². The summed E-state index contributed by atoms with van der Waals surface area (Å²) in [5, 5.41) is 35.2. The number of carbonyl (C=O) groups is 2. The van der Waals surface area contributed by atoms with E-state index in [0.717, 1.165) is 79.5 Å². The summed E-state index contributed by atoms with van der Waals surface area (Å²) in [6, 6.07) is 37.2. The van der Waals surface area contributed by atoms with Crippen molar-refractivity contribution in [2.75, 3.05) is 0 Å².